The maximum atomic E-state index is 12.5. The number of nitrogens with zero attached hydrogens (tertiary/aromatic N) is 3. The second-order valence-electron chi connectivity index (χ2n) is 7.85. The highest BCUT2D eigenvalue weighted by Gasteiger charge is 2.32. The molecule has 1 aromatic carbocycles. The third kappa shape index (κ3) is 5.04. The predicted molar refractivity (Wildman–Crippen MR) is 118 cm³/mol. The number of sulfonamides is 1. The number of amidine groups is 1. The molecule has 1 aliphatic carbocycles. The zero-order valence-electron chi connectivity index (χ0n) is 17.5. The zero-order chi connectivity index (χ0) is 21.8. The van der Waals surface area contributed by atoms with Crippen molar-refractivity contribution in [3.05, 3.63) is 53.5 Å². The Morgan fingerprint density at radius 2 is 2.00 bits per heavy atom. The summed E-state index contributed by atoms with van der Waals surface area (Å²) in [6, 6.07) is 10.4. The van der Waals surface area contributed by atoms with Gasteiger partial charge in [-0.05, 0) is 44.0 Å². The quantitative estimate of drug-likeness (QED) is 0.546. The summed E-state index contributed by atoms with van der Waals surface area (Å²) in [6.07, 6.45) is 7.17. The fourth-order valence-electron chi connectivity index (χ4n) is 3.90. The van der Waals surface area contributed by atoms with E-state index in [1.54, 1.807) is 24.3 Å². The number of nitrogens with one attached hydrogen (secondary N) is 1. The summed E-state index contributed by atoms with van der Waals surface area (Å²) in [6.45, 7) is 2.02. The van der Waals surface area contributed by atoms with Gasteiger partial charge in [-0.2, -0.15) is 13.5 Å². The van der Waals surface area contributed by atoms with Crippen molar-refractivity contribution in [3.63, 3.8) is 0 Å². The van der Waals surface area contributed by atoms with Gasteiger partial charge in [0.05, 0.1) is 12.8 Å². The lowest BCUT2D eigenvalue weighted by Gasteiger charge is -2.23. The smallest absolute Gasteiger partial charge is 0.285 e. The Morgan fingerprint density at radius 3 is 2.74 bits per heavy atom. The number of carbonyl (C=O) groups is 1. The van der Waals surface area contributed by atoms with Gasteiger partial charge in [0, 0.05) is 18.0 Å². The van der Waals surface area contributed by atoms with Crippen LogP contribution in [0.4, 0.5) is 0 Å². The zero-order valence-corrected chi connectivity index (χ0v) is 18.3. The van der Waals surface area contributed by atoms with E-state index in [1.165, 1.54) is 23.7 Å². The molecule has 0 spiro atoms. The van der Waals surface area contributed by atoms with Crippen LogP contribution >= 0.6 is 0 Å². The molecule has 1 aromatic heterocycles. The number of fused-ring (bicyclic) bond motifs is 1. The fourth-order valence-corrected chi connectivity index (χ4v) is 5.10. The Labute approximate surface area is 182 Å². The Balaban J connectivity index is 1.54. The molecule has 8 nitrogen and oxygen atoms in total. The van der Waals surface area contributed by atoms with Crippen LogP contribution in [-0.2, 0) is 14.8 Å². The summed E-state index contributed by atoms with van der Waals surface area (Å²) in [5.41, 5.74) is 0.475. The molecule has 4 rings (SSSR count). The Morgan fingerprint density at radius 1 is 1.23 bits per heavy atom. The Hall–Kier alpha value is -2.94. The lowest BCUT2D eigenvalue weighted by Crippen LogP contribution is -2.38. The van der Waals surface area contributed by atoms with E-state index in [9.17, 15) is 13.2 Å². The molecule has 1 N–H and O–H groups in total. The molecule has 2 aliphatic rings. The molecule has 1 amide bonds. The number of aryl methyl sites for hydroxylation is 1. The number of rotatable bonds is 6. The summed E-state index contributed by atoms with van der Waals surface area (Å²) in [7, 11) is -3.79. The van der Waals surface area contributed by atoms with E-state index in [1.807, 2.05) is 13.0 Å². The van der Waals surface area contributed by atoms with Crippen LogP contribution in [-0.4, -0.2) is 44.0 Å². The molecule has 0 saturated heterocycles. The number of furan rings is 1. The molecule has 2 aromatic rings. The highest BCUT2D eigenvalue weighted by atomic mass is 32.2. The van der Waals surface area contributed by atoms with Gasteiger partial charge >= 0.3 is 0 Å². The minimum Gasteiger partial charge on any atom is -0.460 e. The molecule has 31 heavy (non-hydrogen) atoms. The van der Waals surface area contributed by atoms with Crippen molar-refractivity contribution in [1.29, 1.82) is 0 Å². The SMILES string of the molecule is Cc1ccc(/C=N/N(CCC(=O)NC2CCCCC2)C2=NS(=O)(=O)c3ccccc32)o1. The first-order valence-corrected chi connectivity index (χ1v) is 12.0. The highest BCUT2D eigenvalue weighted by molar-refractivity contribution is 7.90. The van der Waals surface area contributed by atoms with Crippen molar-refractivity contribution >= 4 is 28.0 Å². The molecule has 0 radical (unpaired) electrons. The second kappa shape index (κ2) is 9.05. The maximum Gasteiger partial charge on any atom is 0.285 e. The molecule has 1 aliphatic heterocycles. The average Bonchev–Trinajstić information content (AvgIpc) is 3.29. The summed E-state index contributed by atoms with van der Waals surface area (Å²) < 4.78 is 34.4. The van der Waals surface area contributed by atoms with E-state index >= 15 is 0 Å². The summed E-state index contributed by atoms with van der Waals surface area (Å²) >= 11 is 0. The van der Waals surface area contributed by atoms with E-state index in [-0.39, 0.29) is 35.6 Å². The van der Waals surface area contributed by atoms with Crippen LogP contribution in [0, 0.1) is 6.92 Å². The van der Waals surface area contributed by atoms with Crippen molar-refractivity contribution in [2.24, 2.45) is 9.50 Å². The molecule has 1 saturated carbocycles. The first-order valence-electron chi connectivity index (χ1n) is 10.5. The number of hydrazone groups is 1. The van der Waals surface area contributed by atoms with Gasteiger partial charge in [0.25, 0.3) is 10.0 Å². The standard InChI is InChI=1S/C22H26N4O4S/c1-16-11-12-18(30-16)15-23-26(14-13-21(27)24-17-7-3-2-4-8-17)22-19-9-5-6-10-20(19)31(28,29)25-22/h5-6,9-12,15,17H,2-4,7-8,13-14H2,1H3,(H,24,27)/b23-15+. The molecular formula is C22H26N4O4S. The Bertz CT molecular complexity index is 1110. The van der Waals surface area contributed by atoms with Crippen molar-refractivity contribution in [2.45, 2.75) is 56.4 Å². The van der Waals surface area contributed by atoms with Crippen LogP contribution in [0.2, 0.25) is 0 Å². The maximum absolute atomic E-state index is 12.5. The van der Waals surface area contributed by atoms with Crippen LogP contribution in [0.15, 0.2) is 55.2 Å². The van der Waals surface area contributed by atoms with E-state index in [4.69, 9.17) is 4.42 Å². The van der Waals surface area contributed by atoms with Gasteiger partial charge in [0.1, 0.15) is 16.4 Å². The largest absolute Gasteiger partial charge is 0.460 e. The van der Waals surface area contributed by atoms with Gasteiger partial charge in [0.15, 0.2) is 5.84 Å². The summed E-state index contributed by atoms with van der Waals surface area (Å²) in [4.78, 5) is 12.7. The molecule has 0 atom stereocenters. The molecule has 9 heteroatoms. The molecule has 164 valence electrons. The third-order valence-electron chi connectivity index (χ3n) is 5.46. The fraction of sp³-hybridized carbons (Fsp3) is 0.409. The van der Waals surface area contributed by atoms with Crippen molar-refractivity contribution < 1.29 is 17.6 Å². The van der Waals surface area contributed by atoms with Gasteiger partial charge in [-0.3, -0.25) is 4.79 Å². The van der Waals surface area contributed by atoms with E-state index < -0.39 is 10.0 Å². The van der Waals surface area contributed by atoms with Crippen LogP contribution in [0.3, 0.4) is 0 Å². The summed E-state index contributed by atoms with van der Waals surface area (Å²) in [5, 5.41) is 8.96. The second-order valence-corrected chi connectivity index (χ2v) is 9.43. The minimum atomic E-state index is -3.79. The average molecular weight is 443 g/mol. The normalized spacial score (nSPS) is 18.0. The molecule has 0 unspecified atom stereocenters. The number of hydrogen-bond acceptors (Lipinski definition) is 6. The van der Waals surface area contributed by atoms with Gasteiger partial charge in [-0.1, -0.05) is 31.4 Å². The van der Waals surface area contributed by atoms with Crippen molar-refractivity contribution in [1.82, 2.24) is 10.3 Å². The van der Waals surface area contributed by atoms with Gasteiger partial charge in [-0.15, -0.1) is 4.40 Å². The third-order valence-corrected chi connectivity index (χ3v) is 6.79. The van der Waals surface area contributed by atoms with Crippen LogP contribution in [0.5, 0.6) is 0 Å². The van der Waals surface area contributed by atoms with Gasteiger partial charge in [0.2, 0.25) is 5.91 Å². The predicted octanol–water partition coefficient (Wildman–Crippen LogP) is 3.21. The lowest BCUT2D eigenvalue weighted by atomic mass is 9.95. The number of hydrogen-bond donors (Lipinski definition) is 1. The van der Waals surface area contributed by atoms with Crippen molar-refractivity contribution in [3.8, 4) is 0 Å². The first-order chi connectivity index (χ1) is 14.9. The first kappa shape index (κ1) is 21.3. The van der Waals surface area contributed by atoms with E-state index in [0.29, 0.717) is 11.3 Å². The van der Waals surface area contributed by atoms with Crippen LogP contribution in [0.1, 0.15) is 55.6 Å². The van der Waals surface area contributed by atoms with Crippen LogP contribution < -0.4 is 5.32 Å². The van der Waals surface area contributed by atoms with Gasteiger partial charge in [-0.25, -0.2) is 5.01 Å². The lowest BCUT2D eigenvalue weighted by molar-refractivity contribution is -0.122. The van der Waals surface area contributed by atoms with Crippen molar-refractivity contribution in [2.75, 3.05) is 6.54 Å². The monoisotopic (exact) mass is 442 g/mol. The minimum absolute atomic E-state index is 0.0734. The summed E-state index contributed by atoms with van der Waals surface area (Å²) in [5.74, 6) is 1.41. The van der Waals surface area contributed by atoms with E-state index in [0.717, 1.165) is 31.4 Å². The number of amides is 1. The van der Waals surface area contributed by atoms with Crippen LogP contribution in [0.25, 0.3) is 0 Å². The number of carbonyl (C=O) groups excluding carboxylic acids is 1. The topological polar surface area (TPSA) is 104 Å². The van der Waals surface area contributed by atoms with E-state index in [2.05, 4.69) is 14.8 Å². The molecule has 2 heterocycles. The molecule has 1 fully saturated rings. The number of benzene rings is 1. The highest BCUT2D eigenvalue weighted by Crippen LogP contribution is 2.27. The Kier molecular flexibility index (Phi) is 6.22. The van der Waals surface area contributed by atoms with Gasteiger partial charge < -0.3 is 9.73 Å². The molecular weight excluding hydrogens is 416 g/mol. The molecule has 0 bridgehead atoms.